The minimum atomic E-state index is -0.532. The van der Waals surface area contributed by atoms with E-state index in [2.05, 4.69) is 15.4 Å². The Labute approximate surface area is 124 Å². The van der Waals surface area contributed by atoms with E-state index in [0.717, 1.165) is 6.54 Å². The number of nitrogens with zero attached hydrogens (tertiary/aromatic N) is 2. The highest BCUT2D eigenvalue weighted by atomic mass is 16.4. The van der Waals surface area contributed by atoms with Crippen LogP contribution < -0.4 is 11.1 Å². The Morgan fingerprint density at radius 2 is 2.27 bits per heavy atom. The molecule has 0 unspecified atom stereocenters. The lowest BCUT2D eigenvalue weighted by Crippen LogP contribution is -2.16. The third kappa shape index (κ3) is 2.41. The number of carbonyl (C=O) groups is 1. The molecule has 0 atom stereocenters. The zero-order chi connectivity index (χ0) is 15.1. The quantitative estimate of drug-likeness (QED) is 0.770. The van der Waals surface area contributed by atoms with Gasteiger partial charge in [-0.15, -0.1) is 0 Å². The molecule has 1 aliphatic carbocycles. The van der Waals surface area contributed by atoms with E-state index in [1.54, 1.807) is 30.5 Å². The van der Waals surface area contributed by atoms with Gasteiger partial charge in [0.15, 0.2) is 5.58 Å². The number of H-pyrrole nitrogens is 1. The van der Waals surface area contributed by atoms with Crippen LogP contribution in [-0.2, 0) is 6.54 Å². The molecule has 2 N–H and O–H groups in total. The van der Waals surface area contributed by atoms with Gasteiger partial charge in [-0.05, 0) is 37.0 Å². The summed E-state index contributed by atoms with van der Waals surface area (Å²) in [6.45, 7) is 0.828. The number of hydrogen-bond acceptors (Lipinski definition) is 4. The molecule has 0 spiro atoms. The molecule has 7 nitrogen and oxygen atoms in total. The maximum absolute atomic E-state index is 12.3. The molecule has 112 valence electrons. The molecule has 0 aliphatic heterocycles. The molecule has 2 heterocycles. The summed E-state index contributed by atoms with van der Waals surface area (Å²) in [5.41, 5.74) is 1.36. The lowest BCUT2D eigenvalue weighted by molar-refractivity contribution is 0.102. The maximum atomic E-state index is 12.3. The highest BCUT2D eigenvalue weighted by Gasteiger charge is 2.23. The van der Waals surface area contributed by atoms with Gasteiger partial charge in [0.1, 0.15) is 5.82 Å². The summed E-state index contributed by atoms with van der Waals surface area (Å²) in [4.78, 5) is 26.0. The van der Waals surface area contributed by atoms with E-state index in [0.29, 0.717) is 28.4 Å². The molecular formula is C15H14N4O3. The predicted molar refractivity (Wildman–Crippen MR) is 79.7 cm³/mol. The molecule has 7 heteroatoms. The molecule has 0 saturated heterocycles. The van der Waals surface area contributed by atoms with Crippen LogP contribution in [0.25, 0.3) is 11.1 Å². The van der Waals surface area contributed by atoms with Crippen molar-refractivity contribution in [1.29, 1.82) is 0 Å². The van der Waals surface area contributed by atoms with E-state index in [4.69, 9.17) is 4.42 Å². The third-order valence-electron chi connectivity index (χ3n) is 3.77. The molecule has 22 heavy (non-hydrogen) atoms. The fraction of sp³-hybridized carbons (Fsp3) is 0.267. The van der Waals surface area contributed by atoms with Crippen molar-refractivity contribution in [2.24, 2.45) is 5.92 Å². The number of hydrogen-bond donors (Lipinski definition) is 2. The molecule has 1 fully saturated rings. The Balaban J connectivity index is 1.57. The smallest absolute Gasteiger partial charge is 0.408 e. The van der Waals surface area contributed by atoms with Crippen LogP contribution in [0.4, 0.5) is 5.82 Å². The second-order valence-corrected chi connectivity index (χ2v) is 5.52. The van der Waals surface area contributed by atoms with Crippen molar-refractivity contribution in [3.05, 3.63) is 46.6 Å². The Morgan fingerprint density at radius 3 is 3.09 bits per heavy atom. The second-order valence-electron chi connectivity index (χ2n) is 5.52. The molecule has 1 aromatic carbocycles. The van der Waals surface area contributed by atoms with Gasteiger partial charge in [-0.1, -0.05) is 0 Å². The van der Waals surface area contributed by atoms with Crippen LogP contribution in [0.5, 0.6) is 0 Å². The summed E-state index contributed by atoms with van der Waals surface area (Å²) in [7, 11) is 0. The largest absolute Gasteiger partial charge is 0.417 e. The number of aromatic amines is 1. The van der Waals surface area contributed by atoms with Crippen molar-refractivity contribution in [1.82, 2.24) is 14.8 Å². The molecule has 1 aliphatic rings. The van der Waals surface area contributed by atoms with Crippen molar-refractivity contribution >= 4 is 22.8 Å². The average molecular weight is 298 g/mol. The lowest BCUT2D eigenvalue weighted by Gasteiger charge is -2.08. The fourth-order valence-electron chi connectivity index (χ4n) is 2.40. The van der Waals surface area contributed by atoms with Gasteiger partial charge in [0, 0.05) is 18.2 Å². The number of anilines is 1. The average Bonchev–Trinajstić information content (AvgIpc) is 3.07. The van der Waals surface area contributed by atoms with Crippen molar-refractivity contribution in [3.63, 3.8) is 0 Å². The first-order valence-electron chi connectivity index (χ1n) is 7.15. The van der Waals surface area contributed by atoms with Crippen LogP contribution in [-0.4, -0.2) is 20.7 Å². The van der Waals surface area contributed by atoms with E-state index < -0.39 is 5.76 Å². The Morgan fingerprint density at radius 1 is 1.41 bits per heavy atom. The van der Waals surface area contributed by atoms with Crippen molar-refractivity contribution in [2.45, 2.75) is 19.4 Å². The van der Waals surface area contributed by atoms with Gasteiger partial charge < -0.3 is 9.73 Å². The summed E-state index contributed by atoms with van der Waals surface area (Å²) in [5.74, 6) is 0.548. The van der Waals surface area contributed by atoms with Gasteiger partial charge in [-0.2, -0.15) is 5.10 Å². The number of carbonyl (C=O) groups excluding carboxylic acids is 1. The van der Waals surface area contributed by atoms with Gasteiger partial charge >= 0.3 is 5.76 Å². The highest BCUT2D eigenvalue weighted by molar-refractivity contribution is 6.05. The first kappa shape index (κ1) is 12.9. The summed E-state index contributed by atoms with van der Waals surface area (Å²) < 4.78 is 6.78. The van der Waals surface area contributed by atoms with Crippen LogP contribution in [0.1, 0.15) is 23.2 Å². The first-order chi connectivity index (χ1) is 10.7. The Hall–Kier alpha value is -2.83. The number of aromatic nitrogens is 3. The molecular weight excluding hydrogens is 284 g/mol. The van der Waals surface area contributed by atoms with Gasteiger partial charge in [-0.3, -0.25) is 9.78 Å². The second kappa shape index (κ2) is 4.87. The first-order valence-corrected chi connectivity index (χ1v) is 7.15. The topological polar surface area (TPSA) is 92.9 Å². The van der Waals surface area contributed by atoms with E-state index >= 15 is 0 Å². The van der Waals surface area contributed by atoms with E-state index in [-0.39, 0.29) is 5.91 Å². The van der Waals surface area contributed by atoms with Gasteiger partial charge in [-0.25, -0.2) is 9.48 Å². The van der Waals surface area contributed by atoms with E-state index in [1.807, 2.05) is 4.68 Å². The Bertz CT molecular complexity index is 901. The van der Waals surface area contributed by atoms with Crippen LogP contribution in [0.3, 0.4) is 0 Å². The highest BCUT2D eigenvalue weighted by Crippen LogP contribution is 2.31. The minimum Gasteiger partial charge on any atom is -0.408 e. The third-order valence-corrected chi connectivity index (χ3v) is 3.77. The van der Waals surface area contributed by atoms with Gasteiger partial charge in [0.2, 0.25) is 0 Å². The SMILES string of the molecule is O=C(Nc1ccnn1CC1CC1)c1ccc2[nH]c(=O)oc2c1. The molecule has 1 saturated carbocycles. The standard InChI is InChI=1S/C15H14N4O3/c20-14(10-3-4-11-12(7-10)22-15(21)17-11)18-13-5-6-16-19(13)8-9-1-2-9/h3-7,9H,1-2,8H2,(H,17,21)(H,18,20). The number of benzene rings is 1. The summed E-state index contributed by atoms with van der Waals surface area (Å²) >= 11 is 0. The van der Waals surface area contributed by atoms with E-state index in [9.17, 15) is 9.59 Å². The van der Waals surface area contributed by atoms with E-state index in [1.165, 1.54) is 12.8 Å². The fourth-order valence-corrected chi connectivity index (χ4v) is 2.40. The monoisotopic (exact) mass is 298 g/mol. The molecule has 0 radical (unpaired) electrons. The molecule has 1 amide bonds. The summed E-state index contributed by atoms with van der Waals surface area (Å²) in [6, 6.07) is 6.61. The zero-order valence-corrected chi connectivity index (χ0v) is 11.7. The zero-order valence-electron chi connectivity index (χ0n) is 11.7. The summed E-state index contributed by atoms with van der Waals surface area (Å²) in [6.07, 6.45) is 4.11. The van der Waals surface area contributed by atoms with Crippen LogP contribution in [0.2, 0.25) is 0 Å². The number of nitrogens with one attached hydrogen (secondary N) is 2. The van der Waals surface area contributed by atoms with Crippen LogP contribution in [0, 0.1) is 5.92 Å². The maximum Gasteiger partial charge on any atom is 0.417 e. The Kier molecular flexibility index (Phi) is 2.85. The lowest BCUT2D eigenvalue weighted by atomic mass is 10.2. The molecule has 4 rings (SSSR count). The minimum absolute atomic E-state index is 0.261. The van der Waals surface area contributed by atoms with Crippen LogP contribution in [0.15, 0.2) is 39.7 Å². The van der Waals surface area contributed by atoms with Gasteiger partial charge in [0.25, 0.3) is 5.91 Å². The van der Waals surface area contributed by atoms with Crippen molar-refractivity contribution < 1.29 is 9.21 Å². The van der Waals surface area contributed by atoms with Gasteiger partial charge in [0.05, 0.1) is 11.7 Å². The number of rotatable bonds is 4. The summed E-state index contributed by atoms with van der Waals surface area (Å²) in [5, 5.41) is 7.08. The number of oxazole rings is 1. The van der Waals surface area contributed by atoms with Crippen LogP contribution >= 0.6 is 0 Å². The molecule has 2 aromatic heterocycles. The van der Waals surface area contributed by atoms with Crippen molar-refractivity contribution in [2.75, 3.05) is 5.32 Å². The molecule has 3 aromatic rings. The molecule has 0 bridgehead atoms. The predicted octanol–water partition coefficient (Wildman–Crippen LogP) is 1.98. The normalized spacial score (nSPS) is 14.4. The van der Waals surface area contributed by atoms with Crippen molar-refractivity contribution in [3.8, 4) is 0 Å². The number of amides is 1. The number of fused-ring (bicyclic) bond motifs is 1.